The fourth-order valence-corrected chi connectivity index (χ4v) is 5.49. The first-order valence-electron chi connectivity index (χ1n) is 13.0. The summed E-state index contributed by atoms with van der Waals surface area (Å²) in [5.41, 5.74) is 5.83. The van der Waals surface area contributed by atoms with Gasteiger partial charge >= 0.3 is 0 Å². The van der Waals surface area contributed by atoms with E-state index in [1.54, 1.807) is 30.3 Å². The number of aryl methyl sites for hydroxylation is 2. The fourth-order valence-electron chi connectivity index (χ4n) is 4.22. The minimum Gasteiger partial charge on any atom is -0.493 e. The molecule has 0 unspecified atom stereocenters. The minimum absolute atomic E-state index is 0.176. The maximum Gasteiger partial charge on any atom is 0.294 e. The van der Waals surface area contributed by atoms with E-state index in [4.69, 9.17) is 9.47 Å². The molecule has 9 nitrogen and oxygen atoms in total. The summed E-state index contributed by atoms with van der Waals surface area (Å²) in [6.45, 7) is 7.07. The van der Waals surface area contributed by atoms with Gasteiger partial charge in [-0.3, -0.25) is 24.1 Å². The molecule has 0 atom stereocenters. The summed E-state index contributed by atoms with van der Waals surface area (Å²) in [5, 5.41) is 5.08. The first-order valence-corrected chi connectivity index (χ1v) is 14.6. The van der Waals surface area contributed by atoms with E-state index in [0.717, 1.165) is 43.4 Å². The lowest BCUT2D eigenvalue weighted by Crippen LogP contribution is -2.36. The molecule has 0 saturated carbocycles. The van der Waals surface area contributed by atoms with E-state index in [1.165, 1.54) is 7.11 Å². The third-order valence-electron chi connectivity index (χ3n) is 6.67. The van der Waals surface area contributed by atoms with Crippen molar-refractivity contribution < 1.29 is 28.7 Å². The van der Waals surface area contributed by atoms with Gasteiger partial charge in [0.1, 0.15) is 6.54 Å². The molecule has 3 aromatic carbocycles. The monoisotopic (exact) mass is 651 g/mol. The molecule has 0 aliphatic carbocycles. The molecule has 1 fully saturated rings. The molecule has 1 saturated heterocycles. The third kappa shape index (κ3) is 7.21. The Balaban J connectivity index is 1.39. The molecule has 4 amide bonds. The summed E-state index contributed by atoms with van der Waals surface area (Å²) in [7, 11) is 1.46. The number of halogens is 1. The first-order chi connectivity index (χ1) is 20.0. The first kappa shape index (κ1) is 30.9. The highest BCUT2D eigenvalue weighted by Crippen LogP contribution is 2.35. The lowest BCUT2D eigenvalue weighted by molar-refractivity contribution is -0.127. The number of amides is 4. The number of nitrogens with zero attached hydrogens (tertiary/aromatic N) is 1. The maximum atomic E-state index is 13.0. The average Bonchev–Trinajstić information content (AvgIpc) is 3.21. The van der Waals surface area contributed by atoms with Gasteiger partial charge in [-0.25, -0.2) is 0 Å². The number of hydrogen-bond donors (Lipinski definition) is 2. The Hall–Kier alpha value is -4.09. The SMILES string of the molecule is COc1cc(/C=C2/SC(=O)N(CC(=O)Nc3ccc(C)cc3C)C2=O)ccc1OCC(=O)Nc1ccc(Br)c(C)c1C. The Morgan fingerprint density at radius 1 is 0.905 bits per heavy atom. The predicted molar refractivity (Wildman–Crippen MR) is 168 cm³/mol. The standard InChI is InChI=1S/C31H30BrN3O6S/c1-17-6-9-23(18(2)12-17)33-28(36)15-35-30(38)27(42-31(35)39)14-21-7-11-25(26(13-21)40-5)41-16-29(37)34-24-10-8-22(32)19(3)20(24)4/h6-14H,15-16H2,1-5H3,(H,33,36)(H,34,37)/b27-14+. The lowest BCUT2D eigenvalue weighted by Gasteiger charge is -2.14. The highest BCUT2D eigenvalue weighted by molar-refractivity contribution is 9.10. The van der Waals surface area contributed by atoms with Gasteiger partial charge in [0.05, 0.1) is 12.0 Å². The van der Waals surface area contributed by atoms with E-state index in [9.17, 15) is 19.2 Å². The van der Waals surface area contributed by atoms with Gasteiger partial charge in [-0.05, 0) is 98.1 Å². The Bertz CT molecular complexity index is 1620. The van der Waals surface area contributed by atoms with E-state index in [0.29, 0.717) is 28.4 Å². The van der Waals surface area contributed by atoms with Crippen molar-refractivity contribution in [2.45, 2.75) is 27.7 Å². The average molecular weight is 653 g/mol. The van der Waals surface area contributed by atoms with Crippen LogP contribution in [-0.4, -0.2) is 48.1 Å². The molecule has 4 rings (SSSR count). The molecule has 1 aliphatic rings. The number of thioether (sulfide) groups is 1. The van der Waals surface area contributed by atoms with Crippen LogP contribution in [0.5, 0.6) is 11.5 Å². The zero-order chi connectivity index (χ0) is 30.6. The lowest BCUT2D eigenvalue weighted by atomic mass is 10.1. The van der Waals surface area contributed by atoms with Gasteiger partial charge in [0, 0.05) is 15.8 Å². The van der Waals surface area contributed by atoms with Crippen molar-refractivity contribution in [3.05, 3.63) is 85.7 Å². The Morgan fingerprint density at radius 3 is 2.33 bits per heavy atom. The predicted octanol–water partition coefficient (Wildman–Crippen LogP) is 6.38. The number of methoxy groups -OCH3 is 1. The smallest absolute Gasteiger partial charge is 0.294 e. The molecular formula is C31H30BrN3O6S. The van der Waals surface area contributed by atoms with Gasteiger partial charge in [0.25, 0.3) is 17.1 Å². The molecule has 3 aromatic rings. The number of benzene rings is 3. The van der Waals surface area contributed by atoms with Crippen LogP contribution in [0.4, 0.5) is 16.2 Å². The van der Waals surface area contributed by atoms with E-state index in [1.807, 2.05) is 52.0 Å². The quantitative estimate of drug-likeness (QED) is 0.258. The zero-order valence-corrected chi connectivity index (χ0v) is 26.2. The molecule has 1 aliphatic heterocycles. The minimum atomic E-state index is -0.560. The summed E-state index contributed by atoms with van der Waals surface area (Å²) in [6, 6.07) is 14.2. The van der Waals surface area contributed by atoms with Crippen LogP contribution in [0.2, 0.25) is 0 Å². The molecule has 218 valence electrons. The summed E-state index contributed by atoms with van der Waals surface area (Å²) < 4.78 is 12.1. The summed E-state index contributed by atoms with van der Waals surface area (Å²) in [4.78, 5) is 51.7. The van der Waals surface area contributed by atoms with Crippen LogP contribution < -0.4 is 20.1 Å². The molecular weight excluding hydrogens is 622 g/mol. The van der Waals surface area contributed by atoms with Crippen LogP contribution in [0.3, 0.4) is 0 Å². The molecule has 11 heteroatoms. The Kier molecular flexibility index (Phi) is 9.74. The van der Waals surface area contributed by atoms with Crippen LogP contribution in [0.1, 0.15) is 27.8 Å². The zero-order valence-electron chi connectivity index (χ0n) is 23.8. The third-order valence-corrected chi connectivity index (χ3v) is 8.44. The molecule has 2 N–H and O–H groups in total. The molecule has 42 heavy (non-hydrogen) atoms. The second kappa shape index (κ2) is 13.3. The molecule has 0 aromatic heterocycles. The van der Waals surface area contributed by atoms with Crippen molar-refractivity contribution in [1.82, 2.24) is 4.90 Å². The molecule has 0 spiro atoms. The molecule has 1 heterocycles. The van der Waals surface area contributed by atoms with Crippen LogP contribution in [-0.2, 0) is 14.4 Å². The molecule has 0 bridgehead atoms. The number of carbonyl (C=O) groups is 4. The number of rotatable bonds is 9. The maximum absolute atomic E-state index is 13.0. The largest absolute Gasteiger partial charge is 0.493 e. The number of anilines is 2. The highest BCUT2D eigenvalue weighted by atomic mass is 79.9. The summed E-state index contributed by atoms with van der Waals surface area (Å²) >= 11 is 4.24. The number of ether oxygens (including phenoxy) is 2. The van der Waals surface area contributed by atoms with Crippen molar-refractivity contribution in [3.63, 3.8) is 0 Å². The number of carbonyl (C=O) groups excluding carboxylic acids is 4. The second-order valence-electron chi connectivity index (χ2n) is 9.73. The fraction of sp³-hybridized carbons (Fsp3) is 0.226. The van der Waals surface area contributed by atoms with Gasteiger partial charge in [-0.1, -0.05) is 39.7 Å². The van der Waals surface area contributed by atoms with Crippen molar-refractivity contribution in [2.24, 2.45) is 0 Å². The second-order valence-corrected chi connectivity index (χ2v) is 11.6. The van der Waals surface area contributed by atoms with Crippen molar-refractivity contribution in [1.29, 1.82) is 0 Å². The van der Waals surface area contributed by atoms with E-state index >= 15 is 0 Å². The van der Waals surface area contributed by atoms with Gasteiger partial charge in [0.15, 0.2) is 18.1 Å². The number of nitrogens with one attached hydrogen (secondary N) is 2. The summed E-state index contributed by atoms with van der Waals surface area (Å²) in [6.07, 6.45) is 1.55. The van der Waals surface area contributed by atoms with Gasteiger partial charge in [-0.2, -0.15) is 0 Å². The van der Waals surface area contributed by atoms with Crippen molar-refractivity contribution in [3.8, 4) is 11.5 Å². The number of hydrogen-bond acceptors (Lipinski definition) is 7. The van der Waals surface area contributed by atoms with Crippen molar-refractivity contribution >= 4 is 68.1 Å². The highest BCUT2D eigenvalue weighted by Gasteiger charge is 2.36. The van der Waals surface area contributed by atoms with Crippen LogP contribution in [0.25, 0.3) is 6.08 Å². The van der Waals surface area contributed by atoms with Gasteiger partial charge < -0.3 is 20.1 Å². The van der Waals surface area contributed by atoms with Gasteiger partial charge in [-0.15, -0.1) is 0 Å². The van der Waals surface area contributed by atoms with Crippen molar-refractivity contribution in [2.75, 3.05) is 30.9 Å². The van der Waals surface area contributed by atoms with E-state index < -0.39 is 23.6 Å². The van der Waals surface area contributed by atoms with Crippen LogP contribution >= 0.6 is 27.7 Å². The molecule has 0 radical (unpaired) electrons. The van der Waals surface area contributed by atoms with Crippen LogP contribution in [0, 0.1) is 27.7 Å². The Labute approximate surface area is 256 Å². The Morgan fingerprint density at radius 2 is 1.62 bits per heavy atom. The normalized spacial score (nSPS) is 13.9. The topological polar surface area (TPSA) is 114 Å². The van der Waals surface area contributed by atoms with Gasteiger partial charge in [0.2, 0.25) is 5.91 Å². The van der Waals surface area contributed by atoms with E-state index in [2.05, 4.69) is 26.6 Å². The van der Waals surface area contributed by atoms with E-state index in [-0.39, 0.29) is 17.4 Å². The van der Waals surface area contributed by atoms with Crippen LogP contribution in [0.15, 0.2) is 57.9 Å². The summed E-state index contributed by atoms with van der Waals surface area (Å²) in [5.74, 6) is -0.677. The number of imide groups is 1.